The van der Waals surface area contributed by atoms with E-state index in [1.807, 2.05) is 13.8 Å². The number of hydrogen-bond acceptors (Lipinski definition) is 4. The second-order valence-corrected chi connectivity index (χ2v) is 4.47. The molecule has 0 radical (unpaired) electrons. The topological polar surface area (TPSA) is 43.1 Å². The van der Waals surface area contributed by atoms with Crippen LogP contribution >= 0.6 is 11.3 Å². The normalized spacial score (nSPS) is 10.6. The molecule has 2 rings (SSSR count). The first-order chi connectivity index (χ1) is 7.08. The molecule has 4 heteroatoms. The third-order valence-corrected chi connectivity index (χ3v) is 2.91. The van der Waals surface area contributed by atoms with Gasteiger partial charge in [0.2, 0.25) is 5.78 Å². The van der Waals surface area contributed by atoms with Gasteiger partial charge in [0.05, 0.1) is 10.6 Å². The Labute approximate surface area is 91.8 Å². The number of furan rings is 1. The minimum atomic E-state index is -0.0614. The van der Waals surface area contributed by atoms with E-state index in [1.54, 1.807) is 18.4 Å². The number of carbonyl (C=O) groups excluding carboxylic acids is 1. The van der Waals surface area contributed by atoms with Crippen LogP contribution in [0.5, 0.6) is 0 Å². The standard InChI is InChI=1S/C11H11NO2S/c1-6-4-9(7(2)14-6)11(13)10-5-15-8(3)12-10/h4-5H,1-3H3. The van der Waals surface area contributed by atoms with E-state index >= 15 is 0 Å². The second kappa shape index (κ2) is 3.62. The maximum absolute atomic E-state index is 12.0. The van der Waals surface area contributed by atoms with Crippen molar-refractivity contribution >= 4 is 17.1 Å². The van der Waals surface area contributed by atoms with Gasteiger partial charge in [0.15, 0.2) is 0 Å². The van der Waals surface area contributed by atoms with Crippen molar-refractivity contribution in [2.45, 2.75) is 20.8 Å². The van der Waals surface area contributed by atoms with Crippen molar-refractivity contribution in [3.63, 3.8) is 0 Å². The van der Waals surface area contributed by atoms with Crippen molar-refractivity contribution < 1.29 is 9.21 Å². The molecular weight excluding hydrogens is 210 g/mol. The van der Waals surface area contributed by atoms with E-state index < -0.39 is 0 Å². The largest absolute Gasteiger partial charge is 0.466 e. The summed E-state index contributed by atoms with van der Waals surface area (Å²) in [6.45, 7) is 5.50. The molecule has 15 heavy (non-hydrogen) atoms. The molecule has 0 atom stereocenters. The highest BCUT2D eigenvalue weighted by Gasteiger charge is 2.17. The van der Waals surface area contributed by atoms with E-state index in [0.29, 0.717) is 17.0 Å². The van der Waals surface area contributed by atoms with E-state index in [-0.39, 0.29) is 5.78 Å². The number of aromatic nitrogens is 1. The Balaban J connectivity index is 2.40. The summed E-state index contributed by atoms with van der Waals surface area (Å²) in [7, 11) is 0. The molecule has 0 bridgehead atoms. The molecule has 0 saturated heterocycles. The molecule has 3 nitrogen and oxygen atoms in total. The van der Waals surface area contributed by atoms with Crippen LogP contribution in [0.1, 0.15) is 32.6 Å². The van der Waals surface area contributed by atoms with Crippen LogP contribution in [0.2, 0.25) is 0 Å². The first-order valence-electron chi connectivity index (χ1n) is 4.62. The molecule has 2 aromatic rings. The molecule has 0 aliphatic rings. The lowest BCUT2D eigenvalue weighted by molar-refractivity contribution is 0.103. The first-order valence-corrected chi connectivity index (χ1v) is 5.50. The number of ketones is 1. The van der Waals surface area contributed by atoms with Gasteiger partial charge < -0.3 is 4.42 Å². The lowest BCUT2D eigenvalue weighted by atomic mass is 10.1. The molecule has 0 unspecified atom stereocenters. The Hall–Kier alpha value is -1.42. The minimum absolute atomic E-state index is 0.0614. The zero-order valence-electron chi connectivity index (χ0n) is 8.83. The minimum Gasteiger partial charge on any atom is -0.466 e. The van der Waals surface area contributed by atoms with Crippen LogP contribution in [0, 0.1) is 20.8 Å². The summed E-state index contributed by atoms with van der Waals surface area (Å²) in [6.07, 6.45) is 0. The number of aryl methyl sites for hydroxylation is 3. The predicted molar refractivity (Wildman–Crippen MR) is 58.5 cm³/mol. The SMILES string of the molecule is Cc1cc(C(=O)c2csc(C)n2)c(C)o1. The highest BCUT2D eigenvalue weighted by Crippen LogP contribution is 2.19. The molecule has 2 heterocycles. The van der Waals surface area contributed by atoms with Crippen LogP contribution in [0.15, 0.2) is 15.9 Å². The second-order valence-electron chi connectivity index (χ2n) is 3.41. The molecule has 0 aromatic carbocycles. The molecule has 78 valence electrons. The van der Waals surface area contributed by atoms with Crippen LogP contribution in [0.25, 0.3) is 0 Å². The Morgan fingerprint density at radius 3 is 2.60 bits per heavy atom. The fourth-order valence-corrected chi connectivity index (χ4v) is 2.05. The van der Waals surface area contributed by atoms with Gasteiger partial charge in [-0.05, 0) is 26.8 Å². The summed E-state index contributed by atoms with van der Waals surface area (Å²) in [5.41, 5.74) is 1.11. The van der Waals surface area contributed by atoms with E-state index in [2.05, 4.69) is 4.98 Å². The van der Waals surface area contributed by atoms with Gasteiger partial charge in [-0.25, -0.2) is 4.98 Å². The Morgan fingerprint density at radius 1 is 1.40 bits per heavy atom. The highest BCUT2D eigenvalue weighted by atomic mass is 32.1. The van der Waals surface area contributed by atoms with Crippen LogP contribution in [0.3, 0.4) is 0 Å². The molecule has 0 saturated carbocycles. The number of hydrogen-bond donors (Lipinski definition) is 0. The van der Waals surface area contributed by atoms with Crippen molar-refractivity contribution in [1.29, 1.82) is 0 Å². The average molecular weight is 221 g/mol. The Morgan fingerprint density at radius 2 is 2.13 bits per heavy atom. The third-order valence-electron chi connectivity index (χ3n) is 2.14. The van der Waals surface area contributed by atoms with Crippen LogP contribution in [-0.4, -0.2) is 10.8 Å². The molecular formula is C11H11NO2S. The van der Waals surface area contributed by atoms with Gasteiger partial charge in [-0.2, -0.15) is 0 Å². The van der Waals surface area contributed by atoms with E-state index in [1.165, 1.54) is 11.3 Å². The number of rotatable bonds is 2. The summed E-state index contributed by atoms with van der Waals surface area (Å²) in [4.78, 5) is 16.1. The van der Waals surface area contributed by atoms with Crippen molar-refractivity contribution in [2.24, 2.45) is 0 Å². The lowest BCUT2D eigenvalue weighted by Gasteiger charge is -1.93. The molecule has 0 spiro atoms. The van der Waals surface area contributed by atoms with Crippen molar-refractivity contribution in [1.82, 2.24) is 4.98 Å². The molecule has 0 amide bonds. The Bertz CT molecular complexity index is 510. The highest BCUT2D eigenvalue weighted by molar-refractivity contribution is 7.09. The fourth-order valence-electron chi connectivity index (χ4n) is 1.46. The monoisotopic (exact) mass is 221 g/mol. The average Bonchev–Trinajstić information content (AvgIpc) is 2.71. The van der Waals surface area contributed by atoms with Gasteiger partial charge in [-0.1, -0.05) is 0 Å². The van der Waals surface area contributed by atoms with E-state index in [4.69, 9.17) is 4.42 Å². The first kappa shape index (κ1) is 10.1. The van der Waals surface area contributed by atoms with Gasteiger partial charge in [-0.15, -0.1) is 11.3 Å². The predicted octanol–water partition coefficient (Wildman–Crippen LogP) is 2.89. The molecule has 0 fully saturated rings. The summed E-state index contributed by atoms with van der Waals surface area (Å²) in [5, 5.41) is 2.68. The summed E-state index contributed by atoms with van der Waals surface area (Å²) < 4.78 is 5.32. The van der Waals surface area contributed by atoms with Gasteiger partial charge in [0.1, 0.15) is 17.2 Å². The number of nitrogens with zero attached hydrogens (tertiary/aromatic N) is 1. The summed E-state index contributed by atoms with van der Waals surface area (Å²) >= 11 is 1.48. The quantitative estimate of drug-likeness (QED) is 0.732. The summed E-state index contributed by atoms with van der Waals surface area (Å²) in [5.74, 6) is 1.35. The van der Waals surface area contributed by atoms with Gasteiger partial charge in [-0.3, -0.25) is 4.79 Å². The van der Waals surface area contributed by atoms with Gasteiger partial charge in [0.25, 0.3) is 0 Å². The van der Waals surface area contributed by atoms with Crippen molar-refractivity contribution in [2.75, 3.05) is 0 Å². The Kier molecular flexibility index (Phi) is 2.44. The number of carbonyl (C=O) groups is 1. The fraction of sp³-hybridized carbons (Fsp3) is 0.273. The van der Waals surface area contributed by atoms with Crippen LogP contribution in [-0.2, 0) is 0 Å². The molecule has 2 aromatic heterocycles. The maximum Gasteiger partial charge on any atom is 0.215 e. The zero-order valence-corrected chi connectivity index (χ0v) is 9.64. The van der Waals surface area contributed by atoms with Crippen molar-refractivity contribution in [3.8, 4) is 0 Å². The van der Waals surface area contributed by atoms with Crippen molar-refractivity contribution in [3.05, 3.63) is 39.2 Å². The summed E-state index contributed by atoms with van der Waals surface area (Å²) in [6, 6.07) is 1.76. The van der Waals surface area contributed by atoms with E-state index in [0.717, 1.165) is 10.8 Å². The van der Waals surface area contributed by atoms with Gasteiger partial charge in [0, 0.05) is 5.38 Å². The smallest absolute Gasteiger partial charge is 0.215 e. The van der Waals surface area contributed by atoms with Gasteiger partial charge >= 0.3 is 0 Å². The van der Waals surface area contributed by atoms with E-state index in [9.17, 15) is 4.79 Å². The zero-order chi connectivity index (χ0) is 11.0. The molecule has 0 aliphatic carbocycles. The molecule has 0 aliphatic heterocycles. The molecule has 0 N–H and O–H groups in total. The number of thiazole rings is 1. The lowest BCUT2D eigenvalue weighted by Crippen LogP contribution is -2.01. The maximum atomic E-state index is 12.0. The van der Waals surface area contributed by atoms with Crippen LogP contribution < -0.4 is 0 Å². The third kappa shape index (κ3) is 1.85. The van der Waals surface area contributed by atoms with Crippen LogP contribution in [0.4, 0.5) is 0 Å².